The molecule has 0 aliphatic rings. The minimum Gasteiger partial charge on any atom is -0.472 e. The summed E-state index contributed by atoms with van der Waals surface area (Å²) in [5.74, 6) is 0. The Morgan fingerprint density at radius 3 is 3.00 bits per heavy atom. The number of nitrogens with one attached hydrogen (secondary N) is 1. The van der Waals surface area contributed by atoms with Crippen LogP contribution in [0.25, 0.3) is 0 Å². The van der Waals surface area contributed by atoms with Crippen molar-refractivity contribution in [3.8, 4) is 0 Å². The molecule has 1 aromatic rings. The van der Waals surface area contributed by atoms with E-state index in [1.807, 2.05) is 13.0 Å². The number of hydrogen-bond donors (Lipinski definition) is 1. The number of hydrogen-bond acceptors (Lipinski definition) is 3. The molecule has 0 spiro atoms. The Labute approximate surface area is 59.9 Å². The lowest BCUT2D eigenvalue weighted by molar-refractivity contribution is 0.0657. The first-order chi connectivity index (χ1) is 4.84. The summed E-state index contributed by atoms with van der Waals surface area (Å²) in [5.41, 5.74) is 3.87. The Morgan fingerprint density at radius 2 is 2.50 bits per heavy atom. The first-order valence-corrected chi connectivity index (χ1v) is 3.15. The van der Waals surface area contributed by atoms with Crippen LogP contribution in [-0.4, -0.2) is 7.11 Å². The summed E-state index contributed by atoms with van der Waals surface area (Å²) in [6.07, 6.45) is 3.33. The molecular formula is C7H11NO2. The molecular weight excluding hydrogens is 130 g/mol. The highest BCUT2D eigenvalue weighted by Crippen LogP contribution is 2.11. The van der Waals surface area contributed by atoms with E-state index in [4.69, 9.17) is 9.25 Å². The molecule has 0 aromatic carbocycles. The third-order valence-electron chi connectivity index (χ3n) is 1.34. The average molecular weight is 141 g/mol. The summed E-state index contributed by atoms with van der Waals surface area (Å²) in [6.45, 7) is 1.99. The van der Waals surface area contributed by atoms with Gasteiger partial charge in [0.1, 0.15) is 0 Å². The minimum atomic E-state index is 0.184. The zero-order valence-corrected chi connectivity index (χ0v) is 6.13. The quantitative estimate of drug-likeness (QED) is 0.647. The molecule has 0 aliphatic heterocycles. The fourth-order valence-electron chi connectivity index (χ4n) is 0.766. The second kappa shape index (κ2) is 3.39. The third-order valence-corrected chi connectivity index (χ3v) is 1.34. The number of furan rings is 1. The summed E-state index contributed by atoms with van der Waals surface area (Å²) >= 11 is 0. The molecule has 1 unspecified atom stereocenters. The molecule has 0 bridgehead atoms. The largest absolute Gasteiger partial charge is 0.472 e. The van der Waals surface area contributed by atoms with E-state index in [1.165, 1.54) is 0 Å². The highest BCUT2D eigenvalue weighted by Gasteiger charge is 2.03. The van der Waals surface area contributed by atoms with Gasteiger partial charge in [-0.1, -0.05) is 0 Å². The van der Waals surface area contributed by atoms with Gasteiger partial charge in [-0.05, 0) is 13.0 Å². The Kier molecular flexibility index (Phi) is 2.48. The fraction of sp³-hybridized carbons (Fsp3) is 0.429. The van der Waals surface area contributed by atoms with Crippen molar-refractivity contribution in [2.75, 3.05) is 7.11 Å². The second-order valence-electron chi connectivity index (χ2n) is 2.10. The van der Waals surface area contributed by atoms with Crippen LogP contribution in [0.5, 0.6) is 0 Å². The van der Waals surface area contributed by atoms with E-state index in [2.05, 4.69) is 5.48 Å². The predicted molar refractivity (Wildman–Crippen MR) is 37.3 cm³/mol. The SMILES string of the molecule is CONC(C)c1ccoc1. The van der Waals surface area contributed by atoms with Gasteiger partial charge in [0.15, 0.2) is 0 Å². The van der Waals surface area contributed by atoms with Crippen molar-refractivity contribution in [1.29, 1.82) is 0 Å². The molecule has 0 amide bonds. The van der Waals surface area contributed by atoms with Crippen LogP contribution in [-0.2, 0) is 4.84 Å². The van der Waals surface area contributed by atoms with Crippen LogP contribution in [0.4, 0.5) is 0 Å². The van der Waals surface area contributed by atoms with Gasteiger partial charge >= 0.3 is 0 Å². The monoisotopic (exact) mass is 141 g/mol. The summed E-state index contributed by atoms with van der Waals surface area (Å²) < 4.78 is 4.89. The maximum absolute atomic E-state index is 4.89. The van der Waals surface area contributed by atoms with Crippen molar-refractivity contribution in [2.24, 2.45) is 0 Å². The van der Waals surface area contributed by atoms with Crippen molar-refractivity contribution in [1.82, 2.24) is 5.48 Å². The first-order valence-electron chi connectivity index (χ1n) is 3.15. The van der Waals surface area contributed by atoms with Gasteiger partial charge in [0.2, 0.25) is 0 Å². The zero-order chi connectivity index (χ0) is 7.40. The van der Waals surface area contributed by atoms with Crippen LogP contribution in [0.1, 0.15) is 18.5 Å². The topological polar surface area (TPSA) is 34.4 Å². The van der Waals surface area contributed by atoms with Crippen molar-refractivity contribution in [2.45, 2.75) is 13.0 Å². The lowest BCUT2D eigenvalue weighted by Crippen LogP contribution is -2.15. The van der Waals surface area contributed by atoms with Crippen LogP contribution in [0.2, 0.25) is 0 Å². The van der Waals surface area contributed by atoms with Crippen molar-refractivity contribution < 1.29 is 9.25 Å². The lowest BCUT2D eigenvalue weighted by Gasteiger charge is -2.07. The van der Waals surface area contributed by atoms with E-state index in [-0.39, 0.29) is 6.04 Å². The van der Waals surface area contributed by atoms with E-state index in [9.17, 15) is 0 Å². The molecule has 1 heterocycles. The molecule has 0 fully saturated rings. The number of rotatable bonds is 3. The Morgan fingerprint density at radius 1 is 1.70 bits per heavy atom. The molecule has 1 aromatic heterocycles. The van der Waals surface area contributed by atoms with Gasteiger partial charge < -0.3 is 9.25 Å². The van der Waals surface area contributed by atoms with Gasteiger partial charge in [0.05, 0.1) is 25.7 Å². The molecule has 0 saturated carbocycles. The number of hydroxylamine groups is 1. The molecule has 3 heteroatoms. The molecule has 1 N–H and O–H groups in total. The fourth-order valence-corrected chi connectivity index (χ4v) is 0.766. The van der Waals surface area contributed by atoms with Crippen molar-refractivity contribution >= 4 is 0 Å². The van der Waals surface area contributed by atoms with E-state index < -0.39 is 0 Å². The molecule has 56 valence electrons. The smallest absolute Gasteiger partial charge is 0.0951 e. The first kappa shape index (κ1) is 7.31. The van der Waals surface area contributed by atoms with Gasteiger partial charge in [-0.15, -0.1) is 0 Å². The van der Waals surface area contributed by atoms with E-state index in [0.717, 1.165) is 5.56 Å². The normalized spacial score (nSPS) is 13.4. The summed E-state index contributed by atoms with van der Waals surface area (Å²) in [7, 11) is 1.59. The Bertz CT molecular complexity index is 172. The van der Waals surface area contributed by atoms with Gasteiger partial charge in [-0.3, -0.25) is 0 Å². The van der Waals surface area contributed by atoms with E-state index >= 15 is 0 Å². The van der Waals surface area contributed by atoms with Crippen molar-refractivity contribution in [3.05, 3.63) is 24.2 Å². The van der Waals surface area contributed by atoms with Gasteiger partial charge in [-0.2, -0.15) is 5.48 Å². The van der Waals surface area contributed by atoms with Gasteiger partial charge in [0.25, 0.3) is 0 Å². The Balaban J connectivity index is 2.50. The molecule has 10 heavy (non-hydrogen) atoms. The minimum absolute atomic E-state index is 0.184. The van der Waals surface area contributed by atoms with Crippen LogP contribution in [0, 0.1) is 0 Å². The third kappa shape index (κ3) is 1.59. The van der Waals surface area contributed by atoms with Crippen LogP contribution < -0.4 is 5.48 Å². The summed E-state index contributed by atoms with van der Waals surface area (Å²) in [5, 5.41) is 0. The van der Waals surface area contributed by atoms with Crippen molar-refractivity contribution in [3.63, 3.8) is 0 Å². The standard InChI is InChI=1S/C7H11NO2/c1-6(8-9-2)7-3-4-10-5-7/h3-6,8H,1-2H3. The molecule has 0 radical (unpaired) electrons. The maximum atomic E-state index is 4.89. The van der Waals surface area contributed by atoms with Crippen LogP contribution in [0.3, 0.4) is 0 Å². The van der Waals surface area contributed by atoms with E-state index in [0.29, 0.717) is 0 Å². The highest BCUT2D eigenvalue weighted by atomic mass is 16.6. The average Bonchev–Trinajstić information content (AvgIpc) is 2.38. The zero-order valence-electron chi connectivity index (χ0n) is 6.13. The summed E-state index contributed by atoms with van der Waals surface area (Å²) in [6, 6.07) is 2.08. The van der Waals surface area contributed by atoms with E-state index in [1.54, 1.807) is 19.6 Å². The highest BCUT2D eigenvalue weighted by molar-refractivity contribution is 5.09. The second-order valence-corrected chi connectivity index (χ2v) is 2.10. The van der Waals surface area contributed by atoms with Gasteiger partial charge in [-0.25, -0.2) is 0 Å². The summed E-state index contributed by atoms with van der Waals surface area (Å²) in [4.78, 5) is 4.74. The Hall–Kier alpha value is -0.800. The molecule has 0 saturated heterocycles. The van der Waals surface area contributed by atoms with Crippen LogP contribution >= 0.6 is 0 Å². The predicted octanol–water partition coefficient (Wildman–Crippen LogP) is 1.49. The maximum Gasteiger partial charge on any atom is 0.0951 e. The molecule has 1 atom stereocenters. The van der Waals surface area contributed by atoms with Crippen LogP contribution in [0.15, 0.2) is 23.0 Å². The lowest BCUT2D eigenvalue weighted by atomic mass is 10.2. The molecule has 0 aliphatic carbocycles. The molecule has 1 rings (SSSR count). The molecule has 3 nitrogen and oxygen atoms in total. The van der Waals surface area contributed by atoms with Gasteiger partial charge in [0, 0.05) is 5.56 Å².